The maximum Gasteiger partial charge on any atom is 0.316 e. The zero-order chi connectivity index (χ0) is 13.3. The normalized spacial score (nSPS) is 22.5. The summed E-state index contributed by atoms with van der Waals surface area (Å²) >= 11 is 0. The number of nitrogens with zero attached hydrogens (tertiary/aromatic N) is 1. The number of hydrogen-bond acceptors (Lipinski definition) is 2. The highest BCUT2D eigenvalue weighted by molar-refractivity contribution is 6.09. The molecular weight excluding hydrogens is 230 g/mol. The highest BCUT2D eigenvalue weighted by atomic mass is 16.4. The first kappa shape index (κ1) is 12.4. The van der Waals surface area contributed by atoms with Crippen LogP contribution in [0, 0.1) is 5.92 Å². The Kier molecular flexibility index (Phi) is 3.19. The standard InChI is InChI=1S/C14H15NO3/c1-3-8-15-11-7-5-4-6-10(11)9(2)12(13(15)16)14(17)18/h3-7,9,12H,1,8H2,2H3,(H,17,18). The van der Waals surface area contributed by atoms with E-state index in [1.165, 1.54) is 4.90 Å². The van der Waals surface area contributed by atoms with Crippen molar-refractivity contribution in [1.82, 2.24) is 0 Å². The van der Waals surface area contributed by atoms with Gasteiger partial charge in [-0.2, -0.15) is 0 Å². The predicted octanol–water partition coefficient (Wildman–Crippen LogP) is 2.02. The van der Waals surface area contributed by atoms with Crippen LogP contribution in [0.3, 0.4) is 0 Å². The molecule has 2 atom stereocenters. The lowest BCUT2D eigenvalue weighted by Crippen LogP contribution is -2.46. The van der Waals surface area contributed by atoms with Crippen LogP contribution >= 0.6 is 0 Å². The van der Waals surface area contributed by atoms with Gasteiger partial charge in [0.25, 0.3) is 0 Å². The highest BCUT2D eigenvalue weighted by Crippen LogP contribution is 2.39. The molecule has 0 saturated heterocycles. The third-order valence-electron chi connectivity index (χ3n) is 3.33. The lowest BCUT2D eigenvalue weighted by molar-refractivity contribution is -0.147. The average Bonchev–Trinajstić information content (AvgIpc) is 2.34. The number of carbonyl (C=O) groups excluding carboxylic acids is 1. The van der Waals surface area contributed by atoms with Crippen molar-refractivity contribution in [1.29, 1.82) is 0 Å². The predicted molar refractivity (Wildman–Crippen MR) is 68.5 cm³/mol. The number of aliphatic carboxylic acids is 1. The minimum atomic E-state index is -1.07. The molecule has 2 unspecified atom stereocenters. The van der Waals surface area contributed by atoms with Crippen molar-refractivity contribution in [3.8, 4) is 0 Å². The summed E-state index contributed by atoms with van der Waals surface area (Å²) in [6, 6.07) is 7.41. The Morgan fingerprint density at radius 3 is 2.78 bits per heavy atom. The average molecular weight is 245 g/mol. The van der Waals surface area contributed by atoms with Crippen molar-refractivity contribution in [2.24, 2.45) is 5.92 Å². The molecule has 1 aromatic rings. The molecule has 1 N–H and O–H groups in total. The molecule has 94 valence electrons. The molecule has 1 aliphatic rings. The monoisotopic (exact) mass is 245 g/mol. The summed E-state index contributed by atoms with van der Waals surface area (Å²) in [5, 5.41) is 9.22. The molecule has 4 nitrogen and oxygen atoms in total. The molecule has 4 heteroatoms. The molecule has 1 amide bonds. The number of fused-ring (bicyclic) bond motifs is 1. The van der Waals surface area contributed by atoms with E-state index in [1.54, 1.807) is 13.0 Å². The van der Waals surface area contributed by atoms with Crippen molar-refractivity contribution in [3.05, 3.63) is 42.5 Å². The molecule has 0 spiro atoms. The highest BCUT2D eigenvalue weighted by Gasteiger charge is 2.41. The smallest absolute Gasteiger partial charge is 0.316 e. The first-order chi connectivity index (χ1) is 8.57. The Morgan fingerprint density at radius 2 is 2.17 bits per heavy atom. The van der Waals surface area contributed by atoms with Crippen LogP contribution in [0.4, 0.5) is 5.69 Å². The summed E-state index contributed by atoms with van der Waals surface area (Å²) in [5.41, 5.74) is 1.68. The van der Waals surface area contributed by atoms with Gasteiger partial charge in [0.15, 0.2) is 0 Å². The van der Waals surface area contributed by atoms with Gasteiger partial charge in [0.05, 0.1) is 0 Å². The maximum atomic E-state index is 12.2. The molecule has 1 heterocycles. The zero-order valence-corrected chi connectivity index (χ0v) is 10.2. The van der Waals surface area contributed by atoms with E-state index < -0.39 is 11.9 Å². The summed E-state index contributed by atoms with van der Waals surface area (Å²) in [7, 11) is 0. The maximum absolute atomic E-state index is 12.2. The van der Waals surface area contributed by atoms with E-state index in [4.69, 9.17) is 0 Å². The number of para-hydroxylation sites is 1. The van der Waals surface area contributed by atoms with E-state index in [0.717, 1.165) is 11.3 Å². The number of carboxylic acid groups (broad SMARTS) is 1. The van der Waals surface area contributed by atoms with Gasteiger partial charge in [0.2, 0.25) is 5.91 Å². The van der Waals surface area contributed by atoms with E-state index >= 15 is 0 Å². The van der Waals surface area contributed by atoms with Gasteiger partial charge in [-0.25, -0.2) is 0 Å². The molecule has 0 aromatic heterocycles. The summed E-state index contributed by atoms with van der Waals surface area (Å²) in [6.07, 6.45) is 1.60. The van der Waals surface area contributed by atoms with Gasteiger partial charge in [-0.15, -0.1) is 6.58 Å². The van der Waals surface area contributed by atoms with Gasteiger partial charge in [-0.1, -0.05) is 31.2 Å². The summed E-state index contributed by atoms with van der Waals surface area (Å²) in [4.78, 5) is 25.0. The molecule has 0 radical (unpaired) electrons. The molecule has 18 heavy (non-hydrogen) atoms. The first-order valence-corrected chi connectivity index (χ1v) is 5.82. The third-order valence-corrected chi connectivity index (χ3v) is 3.33. The van der Waals surface area contributed by atoms with Gasteiger partial charge >= 0.3 is 5.97 Å². The minimum absolute atomic E-state index is 0.313. The van der Waals surface area contributed by atoms with Gasteiger partial charge in [0, 0.05) is 18.2 Å². The minimum Gasteiger partial charge on any atom is -0.481 e. The number of amides is 1. The summed E-state index contributed by atoms with van der Waals surface area (Å²) in [6.45, 7) is 5.71. The van der Waals surface area contributed by atoms with Crippen molar-refractivity contribution in [3.63, 3.8) is 0 Å². The van der Waals surface area contributed by atoms with E-state index in [2.05, 4.69) is 6.58 Å². The van der Waals surface area contributed by atoms with E-state index in [-0.39, 0.29) is 11.8 Å². The van der Waals surface area contributed by atoms with E-state index in [1.807, 2.05) is 24.3 Å². The molecule has 0 bridgehead atoms. The fourth-order valence-corrected chi connectivity index (χ4v) is 2.44. The summed E-state index contributed by atoms with van der Waals surface area (Å²) in [5.74, 6) is -2.77. The molecule has 0 fully saturated rings. The number of carboxylic acids is 1. The molecular formula is C14H15NO3. The van der Waals surface area contributed by atoms with Crippen LogP contribution in [0.15, 0.2) is 36.9 Å². The fraction of sp³-hybridized carbons (Fsp3) is 0.286. The van der Waals surface area contributed by atoms with Gasteiger partial charge in [-0.3, -0.25) is 9.59 Å². The van der Waals surface area contributed by atoms with Gasteiger partial charge in [0.1, 0.15) is 5.92 Å². The second-order valence-corrected chi connectivity index (χ2v) is 4.40. The molecule has 0 saturated carbocycles. The lowest BCUT2D eigenvalue weighted by atomic mass is 9.82. The quantitative estimate of drug-likeness (QED) is 0.654. The fourth-order valence-electron chi connectivity index (χ4n) is 2.44. The molecule has 0 aliphatic carbocycles. The van der Waals surface area contributed by atoms with Crippen LogP contribution in [0.25, 0.3) is 0 Å². The number of rotatable bonds is 3. The third kappa shape index (κ3) is 1.79. The summed E-state index contributed by atoms with van der Waals surface area (Å²) < 4.78 is 0. The van der Waals surface area contributed by atoms with Crippen molar-refractivity contribution >= 4 is 17.6 Å². The molecule has 1 aliphatic heterocycles. The van der Waals surface area contributed by atoms with Crippen molar-refractivity contribution < 1.29 is 14.7 Å². The Bertz CT molecular complexity index is 510. The number of anilines is 1. The Morgan fingerprint density at radius 1 is 1.50 bits per heavy atom. The van der Waals surface area contributed by atoms with Crippen LogP contribution in [-0.4, -0.2) is 23.5 Å². The van der Waals surface area contributed by atoms with Crippen molar-refractivity contribution in [2.75, 3.05) is 11.4 Å². The van der Waals surface area contributed by atoms with E-state index in [9.17, 15) is 14.7 Å². The topological polar surface area (TPSA) is 57.6 Å². The van der Waals surface area contributed by atoms with Crippen LogP contribution in [0.5, 0.6) is 0 Å². The Labute approximate surface area is 106 Å². The van der Waals surface area contributed by atoms with Gasteiger partial charge < -0.3 is 10.0 Å². The SMILES string of the molecule is C=CCN1C(=O)C(C(=O)O)C(C)c2ccccc21. The Balaban J connectivity index is 2.55. The Hall–Kier alpha value is -2.10. The first-order valence-electron chi connectivity index (χ1n) is 5.82. The number of carbonyl (C=O) groups is 2. The molecule has 1 aromatic carbocycles. The number of hydrogen-bond donors (Lipinski definition) is 1. The van der Waals surface area contributed by atoms with Gasteiger partial charge in [-0.05, 0) is 11.6 Å². The van der Waals surface area contributed by atoms with Crippen molar-refractivity contribution in [2.45, 2.75) is 12.8 Å². The largest absolute Gasteiger partial charge is 0.481 e. The van der Waals surface area contributed by atoms with Crippen LogP contribution in [0.1, 0.15) is 18.4 Å². The molecule has 2 rings (SSSR count). The van der Waals surface area contributed by atoms with Crippen LogP contribution in [0.2, 0.25) is 0 Å². The van der Waals surface area contributed by atoms with Crippen LogP contribution in [-0.2, 0) is 9.59 Å². The van der Waals surface area contributed by atoms with E-state index in [0.29, 0.717) is 6.54 Å². The second-order valence-electron chi connectivity index (χ2n) is 4.40. The van der Waals surface area contributed by atoms with Crippen LogP contribution < -0.4 is 4.90 Å². The number of benzene rings is 1. The lowest BCUT2D eigenvalue weighted by Gasteiger charge is -2.35. The second kappa shape index (κ2) is 4.64. The zero-order valence-electron chi connectivity index (χ0n) is 10.2.